The van der Waals surface area contributed by atoms with Crippen molar-refractivity contribution in [2.45, 2.75) is 76.2 Å². The summed E-state index contributed by atoms with van der Waals surface area (Å²) in [5, 5.41) is 9.30. The summed E-state index contributed by atoms with van der Waals surface area (Å²) in [6.45, 7) is 2.24. The van der Waals surface area contributed by atoms with Crippen LogP contribution in [0.4, 0.5) is 0 Å². The van der Waals surface area contributed by atoms with Crippen molar-refractivity contribution in [1.29, 1.82) is 0 Å². The molecule has 1 aliphatic carbocycles. The minimum absolute atomic E-state index is 0.0212. The van der Waals surface area contributed by atoms with E-state index in [0.717, 1.165) is 25.9 Å². The van der Waals surface area contributed by atoms with Crippen LogP contribution >= 0.6 is 0 Å². The summed E-state index contributed by atoms with van der Waals surface area (Å²) in [4.78, 5) is 13.8. The number of likely N-dealkylation sites (tertiary alicyclic amines) is 1. The predicted octanol–water partition coefficient (Wildman–Crippen LogP) is 3.43. The van der Waals surface area contributed by atoms with Gasteiger partial charge in [0.1, 0.15) is 0 Å². The Morgan fingerprint density at radius 3 is 1.89 bits per heavy atom. The van der Waals surface area contributed by atoms with Gasteiger partial charge in [0.15, 0.2) is 0 Å². The third kappa shape index (κ3) is 3.47. The average Bonchev–Trinajstić information content (AvgIpc) is 2.70. The molecule has 0 aromatic rings. The minimum Gasteiger partial charge on any atom is -0.481 e. The number of hydrogen-bond acceptors (Lipinski definition) is 2. The maximum Gasteiger partial charge on any atom is 0.305 e. The first-order chi connectivity index (χ1) is 8.73. The van der Waals surface area contributed by atoms with Crippen LogP contribution in [0.5, 0.6) is 0 Å². The van der Waals surface area contributed by atoms with Crippen LogP contribution in [0.15, 0.2) is 0 Å². The molecule has 104 valence electrons. The standard InChI is InChI=1S/C15H27NO2/c17-14(18)13-15(9-5-1-2-6-10-15)16-11-7-3-4-8-12-16/h1-13H2,(H,17,18). The van der Waals surface area contributed by atoms with Crippen molar-refractivity contribution in [1.82, 2.24) is 4.90 Å². The van der Waals surface area contributed by atoms with E-state index in [1.807, 2.05) is 0 Å². The van der Waals surface area contributed by atoms with Crippen molar-refractivity contribution in [3.05, 3.63) is 0 Å². The van der Waals surface area contributed by atoms with E-state index < -0.39 is 5.97 Å². The summed E-state index contributed by atoms with van der Waals surface area (Å²) in [7, 11) is 0. The zero-order chi connectivity index (χ0) is 12.8. The fraction of sp³-hybridized carbons (Fsp3) is 0.933. The molecule has 2 rings (SSSR count). The van der Waals surface area contributed by atoms with Gasteiger partial charge in [0, 0.05) is 5.54 Å². The van der Waals surface area contributed by atoms with Gasteiger partial charge in [-0.2, -0.15) is 0 Å². The lowest BCUT2D eigenvalue weighted by molar-refractivity contribution is -0.141. The highest BCUT2D eigenvalue weighted by Crippen LogP contribution is 2.36. The zero-order valence-electron chi connectivity index (χ0n) is 11.5. The van der Waals surface area contributed by atoms with Crippen LogP contribution in [0.25, 0.3) is 0 Å². The summed E-state index contributed by atoms with van der Waals surface area (Å²) >= 11 is 0. The first-order valence-corrected chi connectivity index (χ1v) is 7.70. The van der Waals surface area contributed by atoms with E-state index >= 15 is 0 Å². The molecule has 1 aliphatic heterocycles. The smallest absolute Gasteiger partial charge is 0.305 e. The molecule has 0 aromatic carbocycles. The number of hydrogen-bond donors (Lipinski definition) is 1. The fourth-order valence-corrected chi connectivity index (χ4v) is 3.82. The Balaban J connectivity index is 2.12. The number of rotatable bonds is 3. The lowest BCUT2D eigenvalue weighted by Crippen LogP contribution is -2.50. The average molecular weight is 253 g/mol. The highest BCUT2D eigenvalue weighted by atomic mass is 16.4. The third-order valence-corrected chi connectivity index (χ3v) is 4.79. The van der Waals surface area contributed by atoms with Crippen molar-refractivity contribution in [3.63, 3.8) is 0 Å². The van der Waals surface area contributed by atoms with E-state index in [9.17, 15) is 9.90 Å². The van der Waals surface area contributed by atoms with Gasteiger partial charge < -0.3 is 5.11 Å². The molecule has 1 saturated heterocycles. The molecule has 1 N–H and O–H groups in total. The van der Waals surface area contributed by atoms with Crippen LogP contribution in [0.1, 0.15) is 70.6 Å². The molecule has 0 amide bonds. The monoisotopic (exact) mass is 253 g/mol. The van der Waals surface area contributed by atoms with Crippen molar-refractivity contribution < 1.29 is 9.90 Å². The van der Waals surface area contributed by atoms with E-state index in [1.165, 1.54) is 51.4 Å². The number of nitrogens with zero attached hydrogens (tertiary/aromatic N) is 1. The molecule has 0 radical (unpaired) electrons. The largest absolute Gasteiger partial charge is 0.481 e. The minimum atomic E-state index is -0.610. The Hall–Kier alpha value is -0.570. The SMILES string of the molecule is O=C(O)CC1(N2CCCCCC2)CCCCCC1. The van der Waals surface area contributed by atoms with Gasteiger partial charge in [0.05, 0.1) is 6.42 Å². The molecule has 1 saturated carbocycles. The molecule has 3 heteroatoms. The number of aliphatic carboxylic acids is 1. The van der Waals surface area contributed by atoms with E-state index in [-0.39, 0.29) is 5.54 Å². The normalized spacial score (nSPS) is 26.2. The summed E-state index contributed by atoms with van der Waals surface area (Å²) in [6, 6.07) is 0. The second-order valence-corrected chi connectivity index (χ2v) is 6.11. The number of carbonyl (C=O) groups is 1. The van der Waals surface area contributed by atoms with Gasteiger partial charge in [-0.3, -0.25) is 9.69 Å². The fourth-order valence-electron chi connectivity index (χ4n) is 3.82. The number of carboxylic acid groups (broad SMARTS) is 1. The molecule has 1 heterocycles. The van der Waals surface area contributed by atoms with Crippen LogP contribution in [-0.4, -0.2) is 34.6 Å². The van der Waals surface area contributed by atoms with Crippen molar-refractivity contribution in [2.24, 2.45) is 0 Å². The van der Waals surface area contributed by atoms with Crippen LogP contribution in [0.2, 0.25) is 0 Å². The van der Waals surface area contributed by atoms with Crippen molar-refractivity contribution >= 4 is 5.97 Å². The van der Waals surface area contributed by atoms with Crippen LogP contribution in [-0.2, 0) is 4.79 Å². The first-order valence-electron chi connectivity index (χ1n) is 7.70. The predicted molar refractivity (Wildman–Crippen MR) is 72.7 cm³/mol. The third-order valence-electron chi connectivity index (χ3n) is 4.79. The maximum absolute atomic E-state index is 11.3. The van der Waals surface area contributed by atoms with E-state index in [2.05, 4.69) is 4.90 Å². The van der Waals surface area contributed by atoms with Gasteiger partial charge >= 0.3 is 5.97 Å². The van der Waals surface area contributed by atoms with Gasteiger partial charge in [-0.1, -0.05) is 38.5 Å². The van der Waals surface area contributed by atoms with Crippen LogP contribution in [0, 0.1) is 0 Å². The van der Waals surface area contributed by atoms with Crippen LogP contribution in [0.3, 0.4) is 0 Å². The molecular formula is C15H27NO2. The van der Waals surface area contributed by atoms with E-state index in [4.69, 9.17) is 0 Å². The van der Waals surface area contributed by atoms with Gasteiger partial charge in [-0.05, 0) is 38.8 Å². The molecular weight excluding hydrogens is 226 g/mol. The molecule has 2 fully saturated rings. The van der Waals surface area contributed by atoms with Gasteiger partial charge in [0.25, 0.3) is 0 Å². The molecule has 0 unspecified atom stereocenters. The molecule has 0 atom stereocenters. The topological polar surface area (TPSA) is 40.5 Å². The second-order valence-electron chi connectivity index (χ2n) is 6.11. The Kier molecular flexibility index (Phi) is 5.04. The van der Waals surface area contributed by atoms with E-state index in [1.54, 1.807) is 0 Å². The maximum atomic E-state index is 11.3. The highest BCUT2D eigenvalue weighted by molar-refractivity contribution is 5.68. The molecule has 0 aromatic heterocycles. The molecule has 18 heavy (non-hydrogen) atoms. The number of carboxylic acids is 1. The van der Waals surface area contributed by atoms with E-state index in [0.29, 0.717) is 6.42 Å². The summed E-state index contributed by atoms with van der Waals surface area (Å²) in [5.41, 5.74) is -0.0212. The Bertz CT molecular complexity index is 262. The second kappa shape index (κ2) is 6.55. The summed E-state index contributed by atoms with van der Waals surface area (Å²) in [6.07, 6.45) is 12.7. The lowest BCUT2D eigenvalue weighted by Gasteiger charge is -2.42. The molecule has 0 spiro atoms. The molecule has 2 aliphatic rings. The Morgan fingerprint density at radius 1 is 0.889 bits per heavy atom. The van der Waals surface area contributed by atoms with Crippen molar-refractivity contribution in [2.75, 3.05) is 13.1 Å². The molecule has 3 nitrogen and oxygen atoms in total. The Labute approximate surface area is 111 Å². The van der Waals surface area contributed by atoms with Gasteiger partial charge in [-0.25, -0.2) is 0 Å². The van der Waals surface area contributed by atoms with Gasteiger partial charge in [-0.15, -0.1) is 0 Å². The zero-order valence-corrected chi connectivity index (χ0v) is 11.5. The quantitative estimate of drug-likeness (QED) is 0.783. The van der Waals surface area contributed by atoms with Gasteiger partial charge in [0.2, 0.25) is 0 Å². The summed E-state index contributed by atoms with van der Waals surface area (Å²) in [5.74, 6) is -0.610. The first kappa shape index (κ1) is 13.9. The highest BCUT2D eigenvalue weighted by Gasteiger charge is 2.38. The lowest BCUT2D eigenvalue weighted by atomic mass is 9.84. The molecule has 0 bridgehead atoms. The Morgan fingerprint density at radius 2 is 1.39 bits per heavy atom. The van der Waals surface area contributed by atoms with Crippen LogP contribution < -0.4 is 0 Å². The van der Waals surface area contributed by atoms with Crippen molar-refractivity contribution in [3.8, 4) is 0 Å². The summed E-state index contributed by atoms with van der Waals surface area (Å²) < 4.78 is 0.